The predicted molar refractivity (Wildman–Crippen MR) is 89.6 cm³/mol. The van der Waals surface area contributed by atoms with E-state index in [2.05, 4.69) is 20.1 Å². The van der Waals surface area contributed by atoms with Gasteiger partial charge in [-0.25, -0.2) is 0 Å². The first-order chi connectivity index (χ1) is 12.3. The maximum absolute atomic E-state index is 12.5. The number of amides is 1. The van der Waals surface area contributed by atoms with E-state index in [1.165, 1.54) is 0 Å². The largest absolute Gasteiger partial charge is 0.339 e. The fourth-order valence-corrected chi connectivity index (χ4v) is 3.03. The van der Waals surface area contributed by atoms with Gasteiger partial charge in [0.05, 0.1) is 0 Å². The van der Waals surface area contributed by atoms with Gasteiger partial charge in [-0.3, -0.25) is 14.8 Å². The third-order valence-corrected chi connectivity index (χ3v) is 4.44. The summed E-state index contributed by atoms with van der Waals surface area (Å²) >= 11 is 0. The zero-order valence-electron chi connectivity index (χ0n) is 13.6. The zero-order valence-corrected chi connectivity index (χ0v) is 13.6. The highest BCUT2D eigenvalue weighted by Gasteiger charge is 2.27. The Morgan fingerprint density at radius 3 is 2.32 bits per heavy atom. The molecule has 1 aliphatic rings. The van der Waals surface area contributed by atoms with Crippen molar-refractivity contribution in [3.8, 4) is 11.5 Å². The van der Waals surface area contributed by atoms with Crippen LogP contribution in [-0.4, -0.2) is 44.0 Å². The van der Waals surface area contributed by atoms with Crippen molar-refractivity contribution >= 4 is 5.91 Å². The highest BCUT2D eigenvalue weighted by molar-refractivity contribution is 5.94. The van der Waals surface area contributed by atoms with Gasteiger partial charge in [0.25, 0.3) is 11.8 Å². The van der Waals surface area contributed by atoms with Crippen LogP contribution in [-0.2, 0) is 0 Å². The lowest BCUT2D eigenvalue weighted by Crippen LogP contribution is -2.38. The molecule has 7 nitrogen and oxygen atoms in total. The highest BCUT2D eigenvalue weighted by Crippen LogP contribution is 2.28. The number of carbonyl (C=O) groups is 1. The first kappa shape index (κ1) is 15.4. The lowest BCUT2D eigenvalue weighted by molar-refractivity contribution is 0.0710. The normalized spacial score (nSPS) is 15.3. The number of hydrogen-bond donors (Lipinski definition) is 0. The molecule has 0 saturated carbocycles. The molecule has 0 aliphatic carbocycles. The molecule has 1 amide bonds. The molecule has 0 atom stereocenters. The molecule has 1 fully saturated rings. The van der Waals surface area contributed by atoms with E-state index in [1.54, 1.807) is 36.9 Å². The van der Waals surface area contributed by atoms with E-state index in [-0.39, 0.29) is 11.8 Å². The second kappa shape index (κ2) is 6.80. The number of hydrogen-bond acceptors (Lipinski definition) is 6. The molecule has 0 aromatic carbocycles. The molecule has 0 N–H and O–H groups in total. The number of pyridine rings is 2. The van der Waals surface area contributed by atoms with Gasteiger partial charge in [0.1, 0.15) is 0 Å². The Morgan fingerprint density at radius 2 is 1.64 bits per heavy atom. The van der Waals surface area contributed by atoms with Crippen LogP contribution in [0.2, 0.25) is 0 Å². The Morgan fingerprint density at radius 1 is 1.00 bits per heavy atom. The summed E-state index contributed by atoms with van der Waals surface area (Å²) in [7, 11) is 0. The Bertz CT molecular complexity index is 842. The molecule has 25 heavy (non-hydrogen) atoms. The van der Waals surface area contributed by atoms with Gasteiger partial charge in [-0.1, -0.05) is 5.16 Å². The fourth-order valence-electron chi connectivity index (χ4n) is 3.03. The van der Waals surface area contributed by atoms with E-state index in [0.29, 0.717) is 30.4 Å². The standard InChI is InChI=1S/C18H17N5O2/c24-18(15-3-9-20-10-4-15)23-11-5-13(6-12-23)16-21-17(25-22-16)14-1-7-19-8-2-14/h1-4,7-10,13H,5-6,11-12H2. The van der Waals surface area contributed by atoms with Crippen molar-refractivity contribution in [2.24, 2.45) is 0 Å². The van der Waals surface area contributed by atoms with Crippen LogP contribution < -0.4 is 0 Å². The van der Waals surface area contributed by atoms with E-state index in [0.717, 1.165) is 18.4 Å². The summed E-state index contributed by atoms with van der Waals surface area (Å²) in [5.41, 5.74) is 1.53. The highest BCUT2D eigenvalue weighted by atomic mass is 16.5. The summed E-state index contributed by atoms with van der Waals surface area (Å²) in [6.45, 7) is 1.37. The van der Waals surface area contributed by atoms with Crippen LogP contribution in [0.4, 0.5) is 0 Å². The van der Waals surface area contributed by atoms with Gasteiger partial charge in [0.15, 0.2) is 5.82 Å². The van der Waals surface area contributed by atoms with Crippen molar-refractivity contribution < 1.29 is 9.32 Å². The first-order valence-electron chi connectivity index (χ1n) is 8.24. The lowest BCUT2D eigenvalue weighted by Gasteiger charge is -2.30. The Kier molecular flexibility index (Phi) is 4.20. The number of rotatable bonds is 3. The molecule has 1 saturated heterocycles. The second-order valence-corrected chi connectivity index (χ2v) is 6.00. The quantitative estimate of drug-likeness (QED) is 0.731. The third-order valence-electron chi connectivity index (χ3n) is 4.44. The maximum atomic E-state index is 12.5. The minimum absolute atomic E-state index is 0.0476. The topological polar surface area (TPSA) is 85.0 Å². The summed E-state index contributed by atoms with van der Waals surface area (Å²) in [6, 6.07) is 7.17. The summed E-state index contributed by atoms with van der Waals surface area (Å²) < 4.78 is 5.37. The van der Waals surface area contributed by atoms with E-state index >= 15 is 0 Å². The average molecular weight is 335 g/mol. The summed E-state index contributed by atoms with van der Waals surface area (Å²) in [5.74, 6) is 1.47. The van der Waals surface area contributed by atoms with Gasteiger partial charge in [0.2, 0.25) is 0 Å². The number of likely N-dealkylation sites (tertiary alicyclic amines) is 1. The molecular formula is C18H17N5O2. The number of piperidine rings is 1. The minimum atomic E-state index is 0.0476. The summed E-state index contributed by atoms with van der Waals surface area (Å²) in [6.07, 6.45) is 8.32. The molecule has 1 aliphatic heterocycles. The van der Waals surface area contributed by atoms with E-state index in [1.807, 2.05) is 17.0 Å². The van der Waals surface area contributed by atoms with Crippen LogP contribution in [0.25, 0.3) is 11.5 Å². The van der Waals surface area contributed by atoms with Gasteiger partial charge < -0.3 is 9.42 Å². The number of nitrogens with zero attached hydrogens (tertiary/aromatic N) is 5. The molecule has 3 aromatic rings. The lowest BCUT2D eigenvalue weighted by atomic mass is 9.95. The Balaban J connectivity index is 1.41. The molecule has 0 bridgehead atoms. The van der Waals surface area contributed by atoms with Gasteiger partial charge in [-0.05, 0) is 37.1 Å². The van der Waals surface area contributed by atoms with Gasteiger partial charge in [0, 0.05) is 54.9 Å². The molecule has 0 radical (unpaired) electrons. The minimum Gasteiger partial charge on any atom is -0.339 e. The van der Waals surface area contributed by atoms with Crippen LogP contribution in [0, 0.1) is 0 Å². The monoisotopic (exact) mass is 335 g/mol. The van der Waals surface area contributed by atoms with Gasteiger partial charge in [-0.2, -0.15) is 4.98 Å². The molecule has 0 spiro atoms. The predicted octanol–water partition coefficient (Wildman–Crippen LogP) is 2.55. The molecule has 3 aromatic heterocycles. The van der Waals surface area contributed by atoms with Crippen molar-refractivity contribution in [3.63, 3.8) is 0 Å². The smallest absolute Gasteiger partial charge is 0.258 e. The molecule has 126 valence electrons. The zero-order chi connectivity index (χ0) is 17.1. The van der Waals surface area contributed by atoms with Crippen molar-refractivity contribution in [3.05, 3.63) is 60.4 Å². The van der Waals surface area contributed by atoms with Crippen molar-refractivity contribution in [2.45, 2.75) is 18.8 Å². The van der Waals surface area contributed by atoms with Crippen LogP contribution >= 0.6 is 0 Å². The van der Waals surface area contributed by atoms with Crippen molar-refractivity contribution in [2.75, 3.05) is 13.1 Å². The van der Waals surface area contributed by atoms with Gasteiger partial charge in [-0.15, -0.1) is 0 Å². The number of aromatic nitrogens is 4. The van der Waals surface area contributed by atoms with Crippen LogP contribution in [0.5, 0.6) is 0 Å². The fraction of sp³-hybridized carbons (Fsp3) is 0.278. The Hall–Kier alpha value is -3.09. The van der Waals surface area contributed by atoms with Crippen LogP contribution in [0.15, 0.2) is 53.6 Å². The van der Waals surface area contributed by atoms with Crippen molar-refractivity contribution in [1.82, 2.24) is 25.0 Å². The van der Waals surface area contributed by atoms with E-state index in [4.69, 9.17) is 4.52 Å². The van der Waals surface area contributed by atoms with Crippen LogP contribution in [0.1, 0.15) is 34.9 Å². The van der Waals surface area contributed by atoms with Crippen molar-refractivity contribution in [1.29, 1.82) is 0 Å². The molecule has 4 heterocycles. The third kappa shape index (κ3) is 3.26. The SMILES string of the molecule is O=C(c1ccncc1)N1CCC(c2noc(-c3ccncc3)n2)CC1. The molecule has 0 unspecified atom stereocenters. The molecule has 7 heteroatoms. The number of carbonyl (C=O) groups excluding carboxylic acids is 1. The maximum Gasteiger partial charge on any atom is 0.258 e. The molecular weight excluding hydrogens is 318 g/mol. The average Bonchev–Trinajstić information content (AvgIpc) is 3.19. The first-order valence-corrected chi connectivity index (χ1v) is 8.24. The van der Waals surface area contributed by atoms with E-state index in [9.17, 15) is 4.79 Å². The molecule has 4 rings (SSSR count). The second-order valence-electron chi connectivity index (χ2n) is 6.00. The summed E-state index contributed by atoms with van der Waals surface area (Å²) in [5, 5.41) is 4.13. The van der Waals surface area contributed by atoms with Gasteiger partial charge >= 0.3 is 0 Å². The van der Waals surface area contributed by atoms with E-state index < -0.39 is 0 Å². The Labute approximate surface area is 144 Å². The summed E-state index contributed by atoms with van der Waals surface area (Å²) in [4.78, 5) is 26.8. The van der Waals surface area contributed by atoms with Crippen LogP contribution in [0.3, 0.4) is 0 Å².